The molecular weight excluding hydrogens is 377 g/mol. The van der Waals surface area contributed by atoms with Crippen molar-refractivity contribution >= 4 is 17.7 Å². The van der Waals surface area contributed by atoms with Crippen LogP contribution in [-0.4, -0.2) is 26.5 Å². The largest absolute Gasteiger partial charge is 0.573 e. The topological polar surface area (TPSA) is 80.6 Å². The van der Waals surface area contributed by atoms with Crippen molar-refractivity contribution in [3.05, 3.63) is 53.6 Å². The maximum atomic E-state index is 12.5. The van der Waals surface area contributed by atoms with Crippen LogP contribution in [-0.2, 0) is 4.79 Å². The lowest BCUT2D eigenvalue weighted by atomic mass is 10.1. The Morgan fingerprint density at radius 3 is 2.36 bits per heavy atom. The fourth-order valence-electron chi connectivity index (χ4n) is 2.23. The number of methoxy groups -OCH3 is 2. The van der Waals surface area contributed by atoms with Crippen LogP contribution in [0.25, 0.3) is 6.08 Å². The maximum absolute atomic E-state index is 12.5. The average molecular weight is 392 g/mol. The van der Waals surface area contributed by atoms with Crippen molar-refractivity contribution in [1.82, 2.24) is 0 Å². The van der Waals surface area contributed by atoms with Crippen molar-refractivity contribution in [3.63, 3.8) is 0 Å². The summed E-state index contributed by atoms with van der Waals surface area (Å²) in [5.74, 6) is -0.542. The van der Waals surface area contributed by atoms with Crippen molar-refractivity contribution in [2.75, 3.05) is 19.5 Å². The first kappa shape index (κ1) is 20.6. The molecule has 28 heavy (non-hydrogen) atoms. The second-order valence-corrected chi connectivity index (χ2v) is 5.28. The highest BCUT2D eigenvalue weighted by Crippen LogP contribution is 2.30. The fourth-order valence-corrected chi connectivity index (χ4v) is 2.23. The summed E-state index contributed by atoms with van der Waals surface area (Å²) in [7, 11) is 2.87. The molecular formula is C19H15F3N2O4. The van der Waals surface area contributed by atoms with Crippen molar-refractivity contribution in [2.45, 2.75) is 6.36 Å². The van der Waals surface area contributed by atoms with Gasteiger partial charge in [-0.15, -0.1) is 13.2 Å². The van der Waals surface area contributed by atoms with Gasteiger partial charge in [-0.05, 0) is 24.3 Å². The van der Waals surface area contributed by atoms with Gasteiger partial charge in [0.1, 0.15) is 17.4 Å². The van der Waals surface area contributed by atoms with Gasteiger partial charge in [-0.1, -0.05) is 18.2 Å². The molecule has 1 N–H and O–H groups in total. The second-order valence-electron chi connectivity index (χ2n) is 5.28. The van der Waals surface area contributed by atoms with Gasteiger partial charge in [0.15, 0.2) is 11.5 Å². The summed E-state index contributed by atoms with van der Waals surface area (Å²) in [5, 5.41) is 11.7. The predicted octanol–water partition coefficient (Wildman–Crippen LogP) is 4.15. The Hall–Kier alpha value is -3.67. The van der Waals surface area contributed by atoms with Gasteiger partial charge >= 0.3 is 6.36 Å². The van der Waals surface area contributed by atoms with E-state index in [2.05, 4.69) is 10.1 Å². The minimum Gasteiger partial charge on any atom is -0.493 e. The van der Waals surface area contributed by atoms with Crippen LogP contribution in [0.5, 0.6) is 17.2 Å². The van der Waals surface area contributed by atoms with Gasteiger partial charge in [0.25, 0.3) is 5.91 Å². The zero-order valence-electron chi connectivity index (χ0n) is 14.8. The molecule has 2 aromatic carbocycles. The van der Waals surface area contributed by atoms with Gasteiger partial charge in [0.2, 0.25) is 0 Å². The quantitative estimate of drug-likeness (QED) is 0.590. The number of carbonyl (C=O) groups is 1. The van der Waals surface area contributed by atoms with Gasteiger partial charge in [0, 0.05) is 17.3 Å². The average Bonchev–Trinajstić information content (AvgIpc) is 2.65. The molecule has 0 aromatic heterocycles. The first-order valence-electron chi connectivity index (χ1n) is 7.77. The molecule has 0 bridgehead atoms. The number of nitrogens with one attached hydrogen (secondary N) is 1. The first-order valence-corrected chi connectivity index (χ1v) is 7.77. The Balaban J connectivity index is 2.29. The summed E-state index contributed by atoms with van der Waals surface area (Å²) in [6.45, 7) is 0. The number of nitrogens with zero attached hydrogens (tertiary/aromatic N) is 1. The zero-order chi connectivity index (χ0) is 20.7. The van der Waals surface area contributed by atoms with E-state index >= 15 is 0 Å². The zero-order valence-corrected chi connectivity index (χ0v) is 14.8. The van der Waals surface area contributed by atoms with E-state index in [1.165, 1.54) is 44.6 Å². The van der Waals surface area contributed by atoms with Crippen LogP contribution in [0.4, 0.5) is 18.9 Å². The number of halogens is 3. The number of hydrogen-bond donors (Lipinski definition) is 1. The number of amides is 1. The highest BCUT2D eigenvalue weighted by Gasteiger charge is 2.31. The maximum Gasteiger partial charge on any atom is 0.573 e. The SMILES string of the molecule is COc1ccc(NC(=O)/C(C#N)=C/c2ccccc2OC(F)(F)F)cc1OC. The molecule has 0 saturated carbocycles. The third-order valence-electron chi connectivity index (χ3n) is 3.45. The molecule has 0 aliphatic carbocycles. The molecule has 0 aliphatic rings. The van der Waals surface area contributed by atoms with Crippen molar-refractivity contribution < 1.29 is 32.2 Å². The molecule has 0 radical (unpaired) electrons. The Labute approximate surface area is 158 Å². The molecule has 0 aliphatic heterocycles. The number of alkyl halides is 3. The highest BCUT2D eigenvalue weighted by atomic mass is 19.4. The summed E-state index contributed by atoms with van der Waals surface area (Å²) >= 11 is 0. The summed E-state index contributed by atoms with van der Waals surface area (Å²) in [6.07, 6.45) is -3.89. The van der Waals surface area contributed by atoms with Crippen molar-refractivity contribution in [2.24, 2.45) is 0 Å². The minimum absolute atomic E-state index is 0.0705. The lowest BCUT2D eigenvalue weighted by Crippen LogP contribution is -2.18. The van der Waals surface area contributed by atoms with E-state index in [0.29, 0.717) is 17.2 Å². The normalized spacial score (nSPS) is 11.4. The number of ether oxygens (including phenoxy) is 3. The number of para-hydroxylation sites is 1. The van der Waals surface area contributed by atoms with E-state index in [1.807, 2.05) is 0 Å². The van der Waals surface area contributed by atoms with Crippen LogP contribution in [0.15, 0.2) is 48.0 Å². The molecule has 146 valence electrons. The Morgan fingerprint density at radius 1 is 1.07 bits per heavy atom. The van der Waals surface area contributed by atoms with Gasteiger partial charge in [-0.3, -0.25) is 4.79 Å². The second kappa shape index (κ2) is 8.81. The smallest absolute Gasteiger partial charge is 0.493 e. The molecule has 1 amide bonds. The molecule has 0 fully saturated rings. The molecule has 0 heterocycles. The molecule has 0 saturated heterocycles. The molecule has 2 aromatic rings. The molecule has 2 rings (SSSR count). The first-order chi connectivity index (χ1) is 13.3. The van der Waals surface area contributed by atoms with Gasteiger partial charge in [-0.2, -0.15) is 5.26 Å². The molecule has 0 spiro atoms. The Kier molecular flexibility index (Phi) is 6.50. The van der Waals surface area contributed by atoms with Crippen molar-refractivity contribution in [3.8, 4) is 23.3 Å². The van der Waals surface area contributed by atoms with E-state index in [1.54, 1.807) is 12.1 Å². The number of benzene rings is 2. The highest BCUT2D eigenvalue weighted by molar-refractivity contribution is 6.09. The van der Waals surface area contributed by atoms with Crippen LogP contribution in [0.1, 0.15) is 5.56 Å². The summed E-state index contributed by atoms with van der Waals surface area (Å²) in [6, 6.07) is 11.4. The van der Waals surface area contributed by atoms with E-state index in [4.69, 9.17) is 9.47 Å². The summed E-state index contributed by atoms with van der Waals surface area (Å²) < 4.78 is 51.7. The lowest BCUT2D eigenvalue weighted by Gasteiger charge is -2.12. The van der Waals surface area contributed by atoms with Crippen LogP contribution in [0.2, 0.25) is 0 Å². The molecule has 0 atom stereocenters. The number of rotatable bonds is 6. The van der Waals surface area contributed by atoms with Crippen LogP contribution < -0.4 is 19.5 Å². The number of hydrogen-bond acceptors (Lipinski definition) is 5. The van der Waals surface area contributed by atoms with Crippen LogP contribution in [0.3, 0.4) is 0 Å². The number of carbonyl (C=O) groups excluding carboxylic acids is 1. The predicted molar refractivity (Wildman–Crippen MR) is 94.9 cm³/mol. The monoisotopic (exact) mass is 392 g/mol. The third-order valence-corrected chi connectivity index (χ3v) is 3.45. The number of nitriles is 1. The fraction of sp³-hybridized carbons (Fsp3) is 0.158. The Morgan fingerprint density at radius 2 is 1.75 bits per heavy atom. The Bertz CT molecular complexity index is 934. The molecule has 0 unspecified atom stereocenters. The van der Waals surface area contributed by atoms with E-state index in [9.17, 15) is 23.2 Å². The van der Waals surface area contributed by atoms with Gasteiger partial charge < -0.3 is 19.5 Å². The van der Waals surface area contributed by atoms with E-state index in [-0.39, 0.29) is 5.56 Å². The number of anilines is 1. The third kappa shape index (κ3) is 5.41. The lowest BCUT2D eigenvalue weighted by molar-refractivity contribution is -0.274. The summed E-state index contributed by atoms with van der Waals surface area (Å²) in [5.41, 5.74) is -0.171. The van der Waals surface area contributed by atoms with Gasteiger partial charge in [-0.25, -0.2) is 0 Å². The molecule has 9 heteroatoms. The minimum atomic E-state index is -4.90. The summed E-state index contributed by atoms with van der Waals surface area (Å²) in [4.78, 5) is 12.4. The standard InChI is InChI=1S/C19H15F3N2O4/c1-26-16-8-7-14(10-17(16)27-2)24-18(25)13(11-23)9-12-5-3-4-6-15(12)28-19(20,21)22/h3-10H,1-2H3,(H,24,25)/b13-9+. The van der Waals surface area contributed by atoms with Crippen molar-refractivity contribution in [1.29, 1.82) is 5.26 Å². The van der Waals surface area contributed by atoms with Crippen LogP contribution >= 0.6 is 0 Å². The van der Waals surface area contributed by atoms with E-state index < -0.39 is 23.6 Å². The van der Waals surface area contributed by atoms with Gasteiger partial charge in [0.05, 0.1) is 14.2 Å². The molecule has 6 nitrogen and oxygen atoms in total. The van der Waals surface area contributed by atoms with E-state index in [0.717, 1.165) is 12.1 Å². The van der Waals surface area contributed by atoms with Crippen LogP contribution in [0, 0.1) is 11.3 Å².